The van der Waals surface area contributed by atoms with Crippen LogP contribution < -0.4 is 10.5 Å². The molecule has 3 rings (SSSR count). The van der Waals surface area contributed by atoms with Gasteiger partial charge in [0.15, 0.2) is 0 Å². The third-order valence-electron chi connectivity index (χ3n) is 2.86. The Balaban J connectivity index is 1.84. The zero-order chi connectivity index (χ0) is 16.4. The smallest absolute Gasteiger partial charge is 0.405 e. The number of thioether (sulfide) groups is 1. The first-order chi connectivity index (χ1) is 10.9. The van der Waals surface area contributed by atoms with Crippen molar-refractivity contribution in [1.29, 1.82) is 0 Å². The second-order valence-corrected chi connectivity index (χ2v) is 5.50. The fourth-order valence-electron chi connectivity index (χ4n) is 1.94. The van der Waals surface area contributed by atoms with E-state index in [2.05, 4.69) is 25.1 Å². The van der Waals surface area contributed by atoms with Gasteiger partial charge in [-0.2, -0.15) is 10.3 Å². The average Bonchev–Trinajstić information content (AvgIpc) is 2.92. The van der Waals surface area contributed by atoms with Crippen molar-refractivity contribution in [3.05, 3.63) is 35.9 Å². The van der Waals surface area contributed by atoms with Crippen molar-refractivity contribution in [2.24, 2.45) is 0 Å². The van der Waals surface area contributed by atoms with E-state index in [1.807, 2.05) is 0 Å². The number of anilines is 1. The van der Waals surface area contributed by atoms with Crippen molar-refractivity contribution < 1.29 is 17.9 Å². The monoisotopic (exact) mass is 341 g/mol. The van der Waals surface area contributed by atoms with Crippen LogP contribution in [0.1, 0.15) is 5.56 Å². The summed E-state index contributed by atoms with van der Waals surface area (Å²) in [5.74, 6) is 0.275. The van der Waals surface area contributed by atoms with E-state index < -0.39 is 6.36 Å². The number of hydrogen-bond donors (Lipinski definition) is 2. The highest BCUT2D eigenvalue weighted by Crippen LogP contribution is 2.33. The van der Waals surface area contributed by atoms with Gasteiger partial charge in [0.2, 0.25) is 5.65 Å². The summed E-state index contributed by atoms with van der Waals surface area (Å²) in [6.45, 7) is 0. The number of aromatic nitrogens is 4. The van der Waals surface area contributed by atoms with Crippen molar-refractivity contribution in [2.45, 2.75) is 17.0 Å². The molecule has 0 aliphatic rings. The van der Waals surface area contributed by atoms with Crippen LogP contribution in [0.4, 0.5) is 19.0 Å². The molecule has 23 heavy (non-hydrogen) atoms. The molecule has 0 unspecified atom stereocenters. The van der Waals surface area contributed by atoms with Gasteiger partial charge in [-0.05, 0) is 12.1 Å². The number of nitrogens with zero attached hydrogens (tertiary/aromatic N) is 3. The van der Waals surface area contributed by atoms with Crippen molar-refractivity contribution in [1.82, 2.24) is 20.4 Å². The normalized spacial score (nSPS) is 11.8. The molecule has 3 N–H and O–H groups in total. The Kier molecular flexibility index (Phi) is 3.99. The average molecular weight is 341 g/mol. The molecular weight excluding hydrogens is 331 g/mol. The highest BCUT2D eigenvalue weighted by molar-refractivity contribution is 7.98. The number of nitrogens with two attached hydrogens (primary N) is 1. The van der Waals surface area contributed by atoms with Crippen LogP contribution in [0.5, 0.6) is 5.75 Å². The highest BCUT2D eigenvalue weighted by atomic mass is 32.2. The number of aromatic amines is 1. The van der Waals surface area contributed by atoms with E-state index in [0.717, 1.165) is 0 Å². The van der Waals surface area contributed by atoms with Crippen LogP contribution in [0.25, 0.3) is 11.2 Å². The number of para-hydroxylation sites is 1. The first-order valence-corrected chi connectivity index (χ1v) is 7.34. The maximum atomic E-state index is 12.4. The summed E-state index contributed by atoms with van der Waals surface area (Å²) in [5, 5.41) is 10.3. The number of hydrogen-bond acceptors (Lipinski definition) is 6. The van der Waals surface area contributed by atoms with Crippen molar-refractivity contribution in [3.8, 4) is 5.75 Å². The standard InChI is InChI=1S/C13H10F3N5OS/c14-13(15,16)22-8-4-2-1-3-7(8)6-23-9-5-10(17)18-12-11(9)19-21-20-12/h1-5H,6H2,(H3,17,18,19,20,21). The molecule has 0 bridgehead atoms. The molecule has 3 aromatic rings. The molecule has 0 aliphatic carbocycles. The maximum Gasteiger partial charge on any atom is 0.573 e. The van der Waals surface area contributed by atoms with Gasteiger partial charge in [-0.25, -0.2) is 4.98 Å². The molecule has 6 nitrogen and oxygen atoms in total. The molecule has 0 radical (unpaired) electrons. The SMILES string of the molecule is Nc1cc(SCc2ccccc2OC(F)(F)F)c2n[nH]nc2n1. The number of fused-ring (bicyclic) bond motifs is 1. The Hall–Kier alpha value is -2.49. The number of alkyl halides is 3. The minimum absolute atomic E-state index is 0.231. The third-order valence-corrected chi connectivity index (χ3v) is 3.94. The molecule has 0 fully saturated rings. The van der Waals surface area contributed by atoms with E-state index in [4.69, 9.17) is 5.73 Å². The van der Waals surface area contributed by atoms with Gasteiger partial charge in [-0.1, -0.05) is 18.2 Å². The Morgan fingerprint density at radius 1 is 1.22 bits per heavy atom. The summed E-state index contributed by atoms with van der Waals surface area (Å²) in [5.41, 5.74) is 6.96. The summed E-state index contributed by atoms with van der Waals surface area (Å²) < 4.78 is 41.3. The topological polar surface area (TPSA) is 89.7 Å². The van der Waals surface area contributed by atoms with Crippen molar-refractivity contribution >= 4 is 28.7 Å². The first kappa shape index (κ1) is 15.4. The van der Waals surface area contributed by atoms with Crippen LogP contribution in [-0.4, -0.2) is 26.8 Å². The lowest BCUT2D eigenvalue weighted by molar-refractivity contribution is -0.274. The van der Waals surface area contributed by atoms with E-state index in [1.54, 1.807) is 18.2 Å². The molecule has 0 atom stereocenters. The number of ether oxygens (including phenoxy) is 1. The van der Waals surface area contributed by atoms with Crippen molar-refractivity contribution in [3.63, 3.8) is 0 Å². The maximum absolute atomic E-state index is 12.4. The summed E-state index contributed by atoms with van der Waals surface area (Å²) in [4.78, 5) is 4.67. The van der Waals surface area contributed by atoms with E-state index in [9.17, 15) is 13.2 Å². The van der Waals surface area contributed by atoms with Crippen LogP contribution in [-0.2, 0) is 5.75 Å². The number of H-pyrrole nitrogens is 1. The van der Waals surface area contributed by atoms with E-state index >= 15 is 0 Å². The zero-order valence-corrected chi connectivity index (χ0v) is 12.3. The summed E-state index contributed by atoms with van der Waals surface area (Å²) in [6, 6.07) is 7.57. The predicted molar refractivity (Wildman–Crippen MR) is 78.8 cm³/mol. The fourth-order valence-corrected chi connectivity index (χ4v) is 2.97. The number of nitrogen functional groups attached to an aromatic ring is 1. The van der Waals surface area contributed by atoms with Crippen LogP contribution in [0.3, 0.4) is 0 Å². The quantitative estimate of drug-likeness (QED) is 0.709. The molecule has 120 valence electrons. The minimum atomic E-state index is -4.73. The van der Waals surface area contributed by atoms with Gasteiger partial charge in [0.05, 0.1) is 0 Å². The molecule has 10 heteroatoms. The van der Waals surface area contributed by atoms with Crippen LogP contribution in [0, 0.1) is 0 Å². The molecule has 2 aromatic heterocycles. The lowest BCUT2D eigenvalue weighted by Crippen LogP contribution is -2.18. The Morgan fingerprint density at radius 3 is 2.78 bits per heavy atom. The molecule has 2 heterocycles. The Morgan fingerprint density at radius 2 is 2.00 bits per heavy atom. The van der Waals surface area contributed by atoms with E-state index in [-0.39, 0.29) is 17.3 Å². The predicted octanol–water partition coefficient (Wildman–Crippen LogP) is 3.13. The van der Waals surface area contributed by atoms with E-state index in [0.29, 0.717) is 21.6 Å². The fraction of sp³-hybridized carbons (Fsp3) is 0.154. The largest absolute Gasteiger partial charge is 0.573 e. The second kappa shape index (κ2) is 5.95. The third kappa shape index (κ3) is 3.65. The molecular formula is C13H10F3N5OS. The zero-order valence-electron chi connectivity index (χ0n) is 11.5. The molecule has 0 amide bonds. The Bertz CT molecular complexity index is 836. The first-order valence-electron chi connectivity index (χ1n) is 6.36. The molecule has 0 saturated heterocycles. The van der Waals surface area contributed by atoms with Gasteiger partial charge in [0.25, 0.3) is 0 Å². The summed E-state index contributed by atoms with van der Waals surface area (Å²) in [7, 11) is 0. The van der Waals surface area contributed by atoms with Crippen LogP contribution >= 0.6 is 11.8 Å². The van der Waals surface area contributed by atoms with Gasteiger partial charge >= 0.3 is 6.36 Å². The minimum Gasteiger partial charge on any atom is -0.405 e. The van der Waals surface area contributed by atoms with Gasteiger partial charge in [-0.3, -0.25) is 0 Å². The number of pyridine rings is 1. The molecule has 1 aromatic carbocycles. The van der Waals surface area contributed by atoms with Crippen LogP contribution in [0.2, 0.25) is 0 Å². The number of halogens is 3. The summed E-state index contributed by atoms with van der Waals surface area (Å²) in [6.07, 6.45) is -4.73. The van der Waals surface area contributed by atoms with Gasteiger partial charge in [-0.15, -0.1) is 30.0 Å². The summed E-state index contributed by atoms with van der Waals surface area (Å²) >= 11 is 1.27. The number of rotatable bonds is 4. The Labute approximate surface area is 132 Å². The van der Waals surface area contributed by atoms with Crippen LogP contribution in [0.15, 0.2) is 35.2 Å². The molecule has 0 aliphatic heterocycles. The number of benzene rings is 1. The highest BCUT2D eigenvalue weighted by Gasteiger charge is 2.31. The number of nitrogens with one attached hydrogen (secondary N) is 1. The lowest BCUT2D eigenvalue weighted by atomic mass is 10.2. The molecule has 0 spiro atoms. The second-order valence-electron chi connectivity index (χ2n) is 4.49. The van der Waals surface area contributed by atoms with Gasteiger partial charge < -0.3 is 10.5 Å². The van der Waals surface area contributed by atoms with Crippen molar-refractivity contribution in [2.75, 3.05) is 5.73 Å². The lowest BCUT2D eigenvalue weighted by Gasteiger charge is -2.13. The van der Waals surface area contributed by atoms with Gasteiger partial charge in [0.1, 0.15) is 17.1 Å². The van der Waals surface area contributed by atoms with E-state index in [1.165, 1.54) is 23.9 Å². The molecule has 0 saturated carbocycles. The van der Waals surface area contributed by atoms with Gasteiger partial charge in [0, 0.05) is 16.2 Å².